The zero-order chi connectivity index (χ0) is 17.4. The van der Waals surface area contributed by atoms with Crippen molar-refractivity contribution in [2.75, 3.05) is 6.54 Å². The average molecular weight is 337 g/mol. The topological polar surface area (TPSA) is 77.0 Å². The summed E-state index contributed by atoms with van der Waals surface area (Å²) in [5.74, 6) is 2.11. The summed E-state index contributed by atoms with van der Waals surface area (Å²) in [5.41, 5.74) is 1.76. The SMILES string of the molecule is Cc1cc(CC(=O)N2CCn3nc(-c4ccccc4)nc3[C@@H]2C)on1. The number of amides is 1. The van der Waals surface area contributed by atoms with Crippen molar-refractivity contribution in [1.82, 2.24) is 24.8 Å². The van der Waals surface area contributed by atoms with E-state index >= 15 is 0 Å². The van der Waals surface area contributed by atoms with E-state index in [1.54, 1.807) is 6.07 Å². The van der Waals surface area contributed by atoms with Crippen LogP contribution in [0.4, 0.5) is 0 Å². The van der Waals surface area contributed by atoms with E-state index in [1.165, 1.54) is 0 Å². The summed E-state index contributed by atoms with van der Waals surface area (Å²) >= 11 is 0. The molecule has 0 fully saturated rings. The number of fused-ring (bicyclic) bond motifs is 1. The predicted octanol–water partition coefficient (Wildman–Crippen LogP) is 2.39. The Balaban J connectivity index is 1.55. The fourth-order valence-electron chi connectivity index (χ4n) is 3.16. The lowest BCUT2D eigenvalue weighted by molar-refractivity contribution is -0.134. The Kier molecular flexibility index (Phi) is 3.83. The molecule has 1 aromatic carbocycles. The maximum absolute atomic E-state index is 12.7. The Morgan fingerprint density at radius 2 is 2.08 bits per heavy atom. The molecule has 0 bridgehead atoms. The number of aryl methyl sites for hydroxylation is 1. The summed E-state index contributed by atoms with van der Waals surface area (Å²) in [5, 5.41) is 8.43. The molecule has 7 nitrogen and oxygen atoms in total. The minimum absolute atomic E-state index is 0.0131. The van der Waals surface area contributed by atoms with E-state index in [0.29, 0.717) is 24.7 Å². The molecule has 2 aromatic heterocycles. The number of carbonyl (C=O) groups excluding carboxylic acids is 1. The minimum atomic E-state index is -0.129. The number of nitrogens with zero attached hydrogens (tertiary/aromatic N) is 5. The number of carbonyl (C=O) groups is 1. The van der Waals surface area contributed by atoms with Crippen LogP contribution < -0.4 is 0 Å². The van der Waals surface area contributed by atoms with Gasteiger partial charge in [-0.25, -0.2) is 9.67 Å². The molecule has 128 valence electrons. The zero-order valence-corrected chi connectivity index (χ0v) is 14.2. The largest absolute Gasteiger partial charge is 0.361 e. The van der Waals surface area contributed by atoms with Crippen molar-refractivity contribution in [2.45, 2.75) is 32.9 Å². The van der Waals surface area contributed by atoms with Gasteiger partial charge in [0.25, 0.3) is 0 Å². The normalized spacial score (nSPS) is 16.7. The van der Waals surface area contributed by atoms with Crippen LogP contribution in [0.25, 0.3) is 11.4 Å². The second-order valence-corrected chi connectivity index (χ2v) is 6.26. The minimum Gasteiger partial charge on any atom is -0.361 e. The summed E-state index contributed by atoms with van der Waals surface area (Å²) in [6, 6.07) is 11.5. The van der Waals surface area contributed by atoms with Gasteiger partial charge in [-0.3, -0.25) is 4.79 Å². The van der Waals surface area contributed by atoms with Gasteiger partial charge in [0.2, 0.25) is 5.91 Å². The number of rotatable bonds is 3. The van der Waals surface area contributed by atoms with Gasteiger partial charge >= 0.3 is 0 Å². The zero-order valence-electron chi connectivity index (χ0n) is 14.2. The second kappa shape index (κ2) is 6.16. The van der Waals surface area contributed by atoms with Gasteiger partial charge in [0, 0.05) is 18.2 Å². The lowest BCUT2D eigenvalue weighted by atomic mass is 10.1. The first-order valence-corrected chi connectivity index (χ1v) is 8.33. The van der Waals surface area contributed by atoms with Crippen LogP contribution in [0.15, 0.2) is 40.9 Å². The molecular weight excluding hydrogens is 318 g/mol. The number of hydrogen-bond donors (Lipinski definition) is 0. The van der Waals surface area contributed by atoms with Crippen LogP contribution in [0.2, 0.25) is 0 Å². The number of aromatic nitrogens is 4. The van der Waals surface area contributed by atoms with Crippen molar-refractivity contribution in [3.8, 4) is 11.4 Å². The van der Waals surface area contributed by atoms with Crippen LogP contribution in [0.1, 0.15) is 30.2 Å². The third kappa shape index (κ3) is 2.93. The van der Waals surface area contributed by atoms with Gasteiger partial charge in [-0.05, 0) is 13.8 Å². The Morgan fingerprint density at radius 1 is 1.28 bits per heavy atom. The summed E-state index contributed by atoms with van der Waals surface area (Å²) in [4.78, 5) is 19.2. The first-order valence-electron chi connectivity index (χ1n) is 8.33. The van der Waals surface area contributed by atoms with Crippen molar-refractivity contribution in [3.05, 3.63) is 53.7 Å². The molecule has 3 aromatic rings. The van der Waals surface area contributed by atoms with E-state index in [0.717, 1.165) is 17.1 Å². The average Bonchev–Trinajstić information content (AvgIpc) is 3.22. The molecule has 7 heteroatoms. The second-order valence-electron chi connectivity index (χ2n) is 6.26. The molecule has 0 radical (unpaired) electrons. The quantitative estimate of drug-likeness (QED) is 0.733. The van der Waals surface area contributed by atoms with Gasteiger partial charge in [-0.2, -0.15) is 5.10 Å². The molecule has 0 saturated carbocycles. The summed E-state index contributed by atoms with van der Waals surface area (Å²) < 4.78 is 7.06. The van der Waals surface area contributed by atoms with Gasteiger partial charge in [0.1, 0.15) is 11.6 Å². The van der Waals surface area contributed by atoms with Crippen LogP contribution in [-0.2, 0) is 17.8 Å². The molecule has 0 saturated heterocycles. The molecule has 4 rings (SSSR count). The summed E-state index contributed by atoms with van der Waals surface area (Å²) in [6.45, 7) is 5.07. The van der Waals surface area contributed by atoms with Crippen LogP contribution in [0, 0.1) is 6.92 Å². The van der Waals surface area contributed by atoms with E-state index in [1.807, 2.05) is 53.8 Å². The maximum atomic E-state index is 12.7. The highest BCUT2D eigenvalue weighted by molar-refractivity contribution is 5.78. The Bertz CT molecular complexity index is 899. The standard InChI is InChI=1S/C18H19N5O2/c1-12-10-15(25-21-12)11-16(24)22-8-9-23-18(13(22)2)19-17(20-23)14-6-4-3-5-7-14/h3-7,10,13H,8-9,11H2,1-2H3/t13-/m0/s1. The van der Waals surface area contributed by atoms with Crippen LogP contribution in [0.3, 0.4) is 0 Å². The number of hydrogen-bond acceptors (Lipinski definition) is 5. The number of benzene rings is 1. The van der Waals surface area contributed by atoms with Gasteiger partial charge in [0.05, 0.1) is 24.7 Å². The fourth-order valence-corrected chi connectivity index (χ4v) is 3.16. The molecule has 3 heterocycles. The molecule has 0 unspecified atom stereocenters. The van der Waals surface area contributed by atoms with Crippen LogP contribution >= 0.6 is 0 Å². The Labute approximate surface area is 145 Å². The van der Waals surface area contributed by atoms with Gasteiger partial charge in [-0.1, -0.05) is 35.5 Å². The molecule has 1 aliphatic rings. The summed E-state index contributed by atoms with van der Waals surface area (Å²) in [7, 11) is 0. The van der Waals surface area contributed by atoms with Crippen molar-refractivity contribution < 1.29 is 9.32 Å². The predicted molar refractivity (Wildman–Crippen MR) is 90.5 cm³/mol. The van der Waals surface area contributed by atoms with Crippen molar-refractivity contribution in [3.63, 3.8) is 0 Å². The molecule has 1 atom stereocenters. The fraction of sp³-hybridized carbons (Fsp3) is 0.333. The monoisotopic (exact) mass is 337 g/mol. The van der Waals surface area contributed by atoms with Crippen LogP contribution in [0.5, 0.6) is 0 Å². The third-order valence-electron chi connectivity index (χ3n) is 4.45. The molecule has 0 aliphatic carbocycles. The highest BCUT2D eigenvalue weighted by Gasteiger charge is 2.31. The third-order valence-corrected chi connectivity index (χ3v) is 4.45. The molecule has 25 heavy (non-hydrogen) atoms. The van der Waals surface area contributed by atoms with Gasteiger partial charge < -0.3 is 9.42 Å². The van der Waals surface area contributed by atoms with Gasteiger partial charge in [-0.15, -0.1) is 0 Å². The Morgan fingerprint density at radius 3 is 2.80 bits per heavy atom. The molecule has 1 amide bonds. The first-order chi connectivity index (χ1) is 12.1. The van der Waals surface area contributed by atoms with E-state index in [-0.39, 0.29) is 18.4 Å². The molecule has 1 aliphatic heterocycles. The first kappa shape index (κ1) is 15.6. The van der Waals surface area contributed by atoms with E-state index in [4.69, 9.17) is 4.52 Å². The van der Waals surface area contributed by atoms with Crippen molar-refractivity contribution in [2.24, 2.45) is 0 Å². The van der Waals surface area contributed by atoms with E-state index < -0.39 is 0 Å². The van der Waals surface area contributed by atoms with E-state index in [9.17, 15) is 4.79 Å². The van der Waals surface area contributed by atoms with E-state index in [2.05, 4.69) is 15.2 Å². The molecule has 0 N–H and O–H groups in total. The van der Waals surface area contributed by atoms with Crippen LogP contribution in [-0.4, -0.2) is 37.3 Å². The lowest BCUT2D eigenvalue weighted by Gasteiger charge is -2.32. The maximum Gasteiger partial charge on any atom is 0.230 e. The smallest absolute Gasteiger partial charge is 0.230 e. The molecular formula is C18H19N5O2. The lowest BCUT2D eigenvalue weighted by Crippen LogP contribution is -2.42. The Hall–Kier alpha value is -2.96. The summed E-state index contributed by atoms with van der Waals surface area (Å²) in [6.07, 6.45) is 0.213. The highest BCUT2D eigenvalue weighted by Crippen LogP contribution is 2.26. The van der Waals surface area contributed by atoms with Gasteiger partial charge in [0.15, 0.2) is 5.82 Å². The van der Waals surface area contributed by atoms with Crippen molar-refractivity contribution >= 4 is 5.91 Å². The van der Waals surface area contributed by atoms with Crippen molar-refractivity contribution in [1.29, 1.82) is 0 Å². The highest BCUT2D eigenvalue weighted by atomic mass is 16.5. The molecule has 0 spiro atoms.